The highest BCUT2D eigenvalue weighted by atomic mass is 19.1. The van der Waals surface area contributed by atoms with Crippen LogP contribution in [0.2, 0.25) is 0 Å². The fourth-order valence-corrected chi connectivity index (χ4v) is 0.689. The van der Waals surface area contributed by atoms with E-state index in [1.165, 1.54) is 12.1 Å². The zero-order valence-corrected chi connectivity index (χ0v) is 6.20. The molecule has 0 fully saturated rings. The fraction of sp³-hybridized carbons (Fsp3) is 0. The molecule has 1 N–H and O–H groups in total. The Morgan fingerprint density at radius 3 is 2.83 bits per heavy atom. The van der Waals surface area contributed by atoms with Crippen molar-refractivity contribution in [1.29, 1.82) is 0 Å². The summed E-state index contributed by atoms with van der Waals surface area (Å²) in [6.07, 6.45) is 1.51. The zero-order chi connectivity index (χ0) is 8.81. The van der Waals surface area contributed by atoms with Gasteiger partial charge in [0.05, 0.1) is 11.9 Å². The molecule has 0 unspecified atom stereocenters. The third-order valence-corrected chi connectivity index (χ3v) is 1.19. The Labute approximate surface area is 68.9 Å². The van der Waals surface area contributed by atoms with Crippen LogP contribution < -0.4 is 5.43 Å². The molecule has 0 atom stereocenters. The van der Waals surface area contributed by atoms with Crippen molar-refractivity contribution >= 4 is 18.2 Å². The second kappa shape index (κ2) is 4.23. The minimum absolute atomic E-state index is 0.246. The number of rotatable bonds is 3. The van der Waals surface area contributed by atoms with Gasteiger partial charge in [-0.1, -0.05) is 12.1 Å². The van der Waals surface area contributed by atoms with Crippen LogP contribution in [0.3, 0.4) is 0 Å². The summed E-state index contributed by atoms with van der Waals surface area (Å²) < 4.78 is 12.8. The van der Waals surface area contributed by atoms with Gasteiger partial charge in [-0.2, -0.15) is 5.10 Å². The van der Waals surface area contributed by atoms with Gasteiger partial charge in [0.25, 0.3) is 0 Å². The number of aldehydes is 1. The minimum Gasteiger partial charge on any atom is -0.297 e. The summed E-state index contributed by atoms with van der Waals surface area (Å²) in [6, 6.07) is 6.07. The van der Waals surface area contributed by atoms with Gasteiger partial charge in [-0.25, -0.2) is 4.39 Å². The highest BCUT2D eigenvalue weighted by Crippen LogP contribution is 2.11. The van der Waals surface area contributed by atoms with Crippen molar-refractivity contribution in [2.24, 2.45) is 5.10 Å². The molecule has 1 aromatic rings. The van der Waals surface area contributed by atoms with E-state index in [-0.39, 0.29) is 5.69 Å². The van der Waals surface area contributed by atoms with Crippen LogP contribution in [0.25, 0.3) is 0 Å². The molecule has 1 aromatic carbocycles. The molecule has 0 aliphatic carbocycles. The first kappa shape index (κ1) is 8.39. The number of benzene rings is 1. The summed E-state index contributed by atoms with van der Waals surface area (Å²) >= 11 is 0. The smallest absolute Gasteiger partial charge is 0.162 e. The Balaban J connectivity index is 2.69. The van der Waals surface area contributed by atoms with E-state index >= 15 is 0 Å². The first-order valence-electron chi connectivity index (χ1n) is 3.32. The van der Waals surface area contributed by atoms with Crippen molar-refractivity contribution < 1.29 is 9.18 Å². The van der Waals surface area contributed by atoms with Crippen molar-refractivity contribution in [2.75, 3.05) is 5.43 Å². The number of carbonyl (C=O) groups is 1. The van der Waals surface area contributed by atoms with Gasteiger partial charge in [0, 0.05) is 0 Å². The molecule has 12 heavy (non-hydrogen) atoms. The van der Waals surface area contributed by atoms with Gasteiger partial charge in [0.15, 0.2) is 6.29 Å². The summed E-state index contributed by atoms with van der Waals surface area (Å²) in [7, 11) is 0. The molecule has 0 heterocycles. The van der Waals surface area contributed by atoms with Crippen molar-refractivity contribution in [2.45, 2.75) is 0 Å². The Bertz CT molecular complexity index is 299. The van der Waals surface area contributed by atoms with Gasteiger partial charge in [-0.3, -0.25) is 10.2 Å². The van der Waals surface area contributed by atoms with Gasteiger partial charge in [0.1, 0.15) is 5.82 Å². The van der Waals surface area contributed by atoms with Gasteiger partial charge in [-0.15, -0.1) is 0 Å². The van der Waals surface area contributed by atoms with Gasteiger partial charge >= 0.3 is 0 Å². The topological polar surface area (TPSA) is 41.5 Å². The van der Waals surface area contributed by atoms with Crippen molar-refractivity contribution in [3.8, 4) is 0 Å². The SMILES string of the molecule is O=C/C=N\Nc1ccccc1F. The zero-order valence-electron chi connectivity index (χ0n) is 6.20. The molecule has 4 heteroatoms. The van der Waals surface area contributed by atoms with Crippen LogP contribution in [0.4, 0.5) is 10.1 Å². The molecule has 0 aliphatic heterocycles. The lowest BCUT2D eigenvalue weighted by Gasteiger charge is -1.98. The number of halogens is 1. The van der Waals surface area contributed by atoms with E-state index in [2.05, 4.69) is 10.5 Å². The van der Waals surface area contributed by atoms with Gasteiger partial charge in [0.2, 0.25) is 0 Å². The molecule has 0 aromatic heterocycles. The number of hydrogen-bond acceptors (Lipinski definition) is 3. The molecular weight excluding hydrogens is 159 g/mol. The van der Waals surface area contributed by atoms with Crippen LogP contribution in [0.5, 0.6) is 0 Å². The molecule has 0 spiro atoms. The molecule has 0 bridgehead atoms. The van der Waals surface area contributed by atoms with E-state index in [1.807, 2.05) is 0 Å². The van der Waals surface area contributed by atoms with Crippen LogP contribution in [0, 0.1) is 5.82 Å². The lowest BCUT2D eigenvalue weighted by molar-refractivity contribution is -0.102. The Morgan fingerprint density at radius 2 is 2.17 bits per heavy atom. The second-order valence-corrected chi connectivity index (χ2v) is 2.01. The second-order valence-electron chi connectivity index (χ2n) is 2.01. The summed E-state index contributed by atoms with van der Waals surface area (Å²) in [5, 5.41) is 3.44. The standard InChI is InChI=1S/C8H7FN2O/c9-7-3-1-2-4-8(7)11-10-5-6-12/h1-6,11H/b10-5-. The number of para-hydroxylation sites is 1. The molecule has 1 rings (SSSR count). The van der Waals surface area contributed by atoms with Crippen LogP contribution >= 0.6 is 0 Å². The molecule has 0 saturated carbocycles. The first-order chi connectivity index (χ1) is 5.84. The highest BCUT2D eigenvalue weighted by Gasteiger charge is 1.95. The van der Waals surface area contributed by atoms with Crippen LogP contribution in [-0.2, 0) is 4.79 Å². The quantitative estimate of drug-likeness (QED) is 0.419. The normalized spacial score (nSPS) is 10.1. The minimum atomic E-state index is -0.402. The van der Waals surface area contributed by atoms with Crippen molar-refractivity contribution in [1.82, 2.24) is 0 Å². The molecular formula is C8H7FN2O. The first-order valence-corrected chi connectivity index (χ1v) is 3.32. The summed E-state index contributed by atoms with van der Waals surface area (Å²) in [4.78, 5) is 9.80. The van der Waals surface area contributed by atoms with E-state index in [0.29, 0.717) is 6.29 Å². The molecule has 0 saturated heterocycles. The van der Waals surface area contributed by atoms with Crippen LogP contribution in [0.15, 0.2) is 29.4 Å². The lowest BCUT2D eigenvalue weighted by atomic mass is 10.3. The van der Waals surface area contributed by atoms with E-state index in [0.717, 1.165) is 6.21 Å². The summed E-state index contributed by atoms with van der Waals surface area (Å²) in [5.41, 5.74) is 2.62. The Morgan fingerprint density at radius 1 is 1.42 bits per heavy atom. The molecule has 3 nitrogen and oxygen atoms in total. The molecule has 0 radical (unpaired) electrons. The molecule has 0 aliphatic rings. The number of nitrogens with zero attached hydrogens (tertiary/aromatic N) is 1. The number of anilines is 1. The monoisotopic (exact) mass is 166 g/mol. The summed E-state index contributed by atoms with van der Waals surface area (Å²) in [5.74, 6) is -0.402. The maximum Gasteiger partial charge on any atom is 0.162 e. The molecule has 0 amide bonds. The number of hydrazone groups is 1. The number of nitrogens with one attached hydrogen (secondary N) is 1. The summed E-state index contributed by atoms with van der Waals surface area (Å²) in [6.45, 7) is 0. The third kappa shape index (κ3) is 2.16. The maximum absolute atomic E-state index is 12.8. The van der Waals surface area contributed by atoms with Crippen molar-refractivity contribution in [3.63, 3.8) is 0 Å². The Kier molecular flexibility index (Phi) is 2.95. The third-order valence-electron chi connectivity index (χ3n) is 1.19. The average Bonchev–Trinajstić information content (AvgIpc) is 2.09. The van der Waals surface area contributed by atoms with Gasteiger partial charge in [-0.05, 0) is 12.1 Å². The van der Waals surface area contributed by atoms with E-state index in [4.69, 9.17) is 0 Å². The van der Waals surface area contributed by atoms with Crippen LogP contribution in [-0.4, -0.2) is 12.5 Å². The van der Waals surface area contributed by atoms with Crippen LogP contribution in [0.1, 0.15) is 0 Å². The van der Waals surface area contributed by atoms with E-state index in [9.17, 15) is 9.18 Å². The van der Waals surface area contributed by atoms with Gasteiger partial charge < -0.3 is 0 Å². The predicted octanol–water partition coefficient (Wildman–Crippen LogP) is 1.42. The number of hydrogen-bond donors (Lipinski definition) is 1. The predicted molar refractivity (Wildman–Crippen MR) is 44.6 cm³/mol. The maximum atomic E-state index is 12.8. The largest absolute Gasteiger partial charge is 0.297 e. The van der Waals surface area contributed by atoms with E-state index in [1.54, 1.807) is 12.1 Å². The number of carbonyl (C=O) groups excluding carboxylic acids is 1. The van der Waals surface area contributed by atoms with E-state index < -0.39 is 5.82 Å². The Hall–Kier alpha value is -1.71. The molecule has 62 valence electrons. The fourth-order valence-electron chi connectivity index (χ4n) is 0.689. The highest BCUT2D eigenvalue weighted by molar-refractivity contribution is 6.13. The lowest BCUT2D eigenvalue weighted by Crippen LogP contribution is -1.92. The average molecular weight is 166 g/mol. The van der Waals surface area contributed by atoms with Crippen molar-refractivity contribution in [3.05, 3.63) is 30.1 Å².